The van der Waals surface area contributed by atoms with Crippen molar-refractivity contribution in [3.8, 4) is 16.3 Å². The standard InChI is InChI=1S/C11H11ClN2O3S/c1-16-10(15)9-6-7(8-2-4-13-14-8)11(18-9)17-5-3-12/h2,4,6H,3,5H2,1H3,(H,13,14). The molecule has 0 saturated heterocycles. The first-order chi connectivity index (χ1) is 8.76. The molecule has 0 spiro atoms. The van der Waals surface area contributed by atoms with Crippen LogP contribution in [0.4, 0.5) is 0 Å². The number of hydrogen-bond donors (Lipinski definition) is 1. The third-order valence-corrected chi connectivity index (χ3v) is 3.37. The smallest absolute Gasteiger partial charge is 0.348 e. The zero-order valence-electron chi connectivity index (χ0n) is 9.60. The van der Waals surface area contributed by atoms with Crippen LogP contribution in [-0.4, -0.2) is 35.8 Å². The van der Waals surface area contributed by atoms with Gasteiger partial charge in [0.1, 0.15) is 11.5 Å². The molecule has 0 aliphatic carbocycles. The summed E-state index contributed by atoms with van der Waals surface area (Å²) in [4.78, 5) is 12.0. The van der Waals surface area contributed by atoms with E-state index in [-0.39, 0.29) is 5.97 Å². The Balaban J connectivity index is 2.36. The van der Waals surface area contributed by atoms with Gasteiger partial charge < -0.3 is 9.47 Å². The number of aromatic nitrogens is 2. The topological polar surface area (TPSA) is 64.2 Å². The van der Waals surface area contributed by atoms with Gasteiger partial charge in [0.2, 0.25) is 0 Å². The first kappa shape index (κ1) is 12.9. The van der Waals surface area contributed by atoms with E-state index in [9.17, 15) is 4.79 Å². The molecule has 1 N–H and O–H groups in total. The van der Waals surface area contributed by atoms with Gasteiger partial charge in [-0.15, -0.1) is 11.6 Å². The Kier molecular flexibility index (Phi) is 4.22. The monoisotopic (exact) mass is 286 g/mol. The van der Waals surface area contributed by atoms with E-state index in [0.29, 0.717) is 22.4 Å². The highest BCUT2D eigenvalue weighted by molar-refractivity contribution is 7.16. The van der Waals surface area contributed by atoms with Crippen LogP contribution in [0.25, 0.3) is 11.3 Å². The maximum atomic E-state index is 11.5. The van der Waals surface area contributed by atoms with E-state index in [1.54, 1.807) is 18.3 Å². The normalized spacial score (nSPS) is 10.3. The second kappa shape index (κ2) is 5.88. The van der Waals surface area contributed by atoms with E-state index >= 15 is 0 Å². The van der Waals surface area contributed by atoms with Crippen molar-refractivity contribution in [2.75, 3.05) is 19.6 Å². The van der Waals surface area contributed by atoms with Gasteiger partial charge in [0.05, 0.1) is 24.2 Å². The van der Waals surface area contributed by atoms with Crippen LogP contribution in [0, 0.1) is 0 Å². The summed E-state index contributed by atoms with van der Waals surface area (Å²) in [5.74, 6) is -0.00470. The minimum atomic E-state index is -0.388. The fourth-order valence-corrected chi connectivity index (χ4v) is 2.45. The van der Waals surface area contributed by atoms with Crippen molar-refractivity contribution in [1.29, 1.82) is 0 Å². The van der Waals surface area contributed by atoms with E-state index in [1.807, 2.05) is 0 Å². The minimum absolute atomic E-state index is 0.379. The highest BCUT2D eigenvalue weighted by Crippen LogP contribution is 2.37. The van der Waals surface area contributed by atoms with Crippen LogP contribution in [0.2, 0.25) is 0 Å². The first-order valence-corrected chi connectivity index (χ1v) is 6.52. The summed E-state index contributed by atoms with van der Waals surface area (Å²) in [5, 5.41) is 7.33. The lowest BCUT2D eigenvalue weighted by atomic mass is 10.2. The van der Waals surface area contributed by atoms with Crippen molar-refractivity contribution >= 4 is 28.9 Å². The zero-order valence-corrected chi connectivity index (χ0v) is 11.2. The average Bonchev–Trinajstić information content (AvgIpc) is 3.03. The van der Waals surface area contributed by atoms with Crippen LogP contribution < -0.4 is 4.74 Å². The maximum absolute atomic E-state index is 11.5. The van der Waals surface area contributed by atoms with E-state index in [1.165, 1.54) is 18.4 Å². The number of alkyl halides is 1. The van der Waals surface area contributed by atoms with Crippen LogP contribution in [-0.2, 0) is 4.74 Å². The summed E-state index contributed by atoms with van der Waals surface area (Å²) in [6.07, 6.45) is 1.64. The molecule has 7 heteroatoms. The Bertz CT molecular complexity index is 524. The molecule has 0 amide bonds. The van der Waals surface area contributed by atoms with Crippen molar-refractivity contribution in [1.82, 2.24) is 10.2 Å². The summed E-state index contributed by atoms with van der Waals surface area (Å²) in [6, 6.07) is 3.52. The third-order valence-electron chi connectivity index (χ3n) is 2.19. The lowest BCUT2D eigenvalue weighted by molar-refractivity contribution is 0.0606. The molecular formula is C11H11ClN2O3S. The van der Waals surface area contributed by atoms with Crippen LogP contribution >= 0.6 is 22.9 Å². The maximum Gasteiger partial charge on any atom is 0.348 e. The number of methoxy groups -OCH3 is 1. The zero-order chi connectivity index (χ0) is 13.0. The number of aromatic amines is 1. The summed E-state index contributed by atoms with van der Waals surface area (Å²) < 4.78 is 10.2. The Morgan fingerprint density at radius 1 is 1.61 bits per heavy atom. The van der Waals surface area contributed by atoms with Crippen molar-refractivity contribution in [3.05, 3.63) is 23.2 Å². The van der Waals surface area contributed by atoms with E-state index in [4.69, 9.17) is 21.1 Å². The van der Waals surface area contributed by atoms with E-state index in [0.717, 1.165) is 11.3 Å². The molecule has 0 saturated carbocycles. The van der Waals surface area contributed by atoms with Crippen molar-refractivity contribution in [2.24, 2.45) is 0 Å². The molecule has 0 radical (unpaired) electrons. The molecular weight excluding hydrogens is 276 g/mol. The first-order valence-electron chi connectivity index (χ1n) is 5.17. The molecule has 0 atom stereocenters. The number of rotatable bonds is 5. The number of nitrogens with zero attached hydrogens (tertiary/aromatic N) is 1. The Morgan fingerprint density at radius 3 is 3.06 bits per heavy atom. The number of esters is 1. The molecule has 2 rings (SSSR count). The van der Waals surface area contributed by atoms with Gasteiger partial charge in [0.15, 0.2) is 5.06 Å². The lowest BCUT2D eigenvalue weighted by Crippen LogP contribution is -1.97. The predicted octanol–water partition coefficient (Wildman–Crippen LogP) is 2.54. The van der Waals surface area contributed by atoms with Gasteiger partial charge in [-0.2, -0.15) is 5.10 Å². The number of carbonyl (C=O) groups excluding carboxylic acids is 1. The van der Waals surface area contributed by atoms with Gasteiger partial charge in [0, 0.05) is 6.20 Å². The number of hydrogen-bond acceptors (Lipinski definition) is 5. The van der Waals surface area contributed by atoms with E-state index < -0.39 is 0 Å². The summed E-state index contributed by atoms with van der Waals surface area (Å²) in [5.41, 5.74) is 1.56. The number of nitrogens with one attached hydrogen (secondary N) is 1. The van der Waals surface area contributed by atoms with Crippen LogP contribution in [0.15, 0.2) is 18.3 Å². The van der Waals surface area contributed by atoms with Crippen molar-refractivity contribution in [2.45, 2.75) is 0 Å². The number of halogens is 1. The van der Waals surface area contributed by atoms with Crippen LogP contribution in [0.5, 0.6) is 5.06 Å². The molecule has 2 aromatic rings. The summed E-state index contributed by atoms with van der Waals surface area (Å²) in [7, 11) is 1.34. The SMILES string of the molecule is COC(=O)c1cc(-c2ccn[nH]2)c(OCCCl)s1. The van der Waals surface area contributed by atoms with Gasteiger partial charge in [-0.25, -0.2) is 4.79 Å². The van der Waals surface area contributed by atoms with E-state index in [2.05, 4.69) is 10.2 Å². The molecule has 0 unspecified atom stereocenters. The van der Waals surface area contributed by atoms with Gasteiger partial charge >= 0.3 is 5.97 Å². The van der Waals surface area contributed by atoms with Crippen LogP contribution in [0.1, 0.15) is 9.67 Å². The molecule has 0 fully saturated rings. The minimum Gasteiger partial charge on any atom is -0.482 e. The Morgan fingerprint density at radius 2 is 2.44 bits per heavy atom. The van der Waals surface area contributed by atoms with Crippen LogP contribution in [0.3, 0.4) is 0 Å². The lowest BCUT2D eigenvalue weighted by Gasteiger charge is -2.02. The molecule has 96 valence electrons. The number of H-pyrrole nitrogens is 1. The van der Waals surface area contributed by atoms with Crippen molar-refractivity contribution < 1.29 is 14.3 Å². The molecule has 2 aromatic heterocycles. The predicted molar refractivity (Wildman–Crippen MR) is 69.5 cm³/mol. The second-order valence-electron chi connectivity index (χ2n) is 3.31. The highest BCUT2D eigenvalue weighted by atomic mass is 35.5. The van der Waals surface area contributed by atoms with Gasteiger partial charge in [-0.1, -0.05) is 11.3 Å². The number of thiophene rings is 1. The molecule has 0 aliphatic heterocycles. The van der Waals surface area contributed by atoms with Crippen molar-refractivity contribution in [3.63, 3.8) is 0 Å². The highest BCUT2D eigenvalue weighted by Gasteiger charge is 2.18. The fraction of sp³-hybridized carbons (Fsp3) is 0.273. The fourth-order valence-electron chi connectivity index (χ4n) is 1.41. The second-order valence-corrected chi connectivity index (χ2v) is 4.70. The summed E-state index contributed by atoms with van der Waals surface area (Å²) >= 11 is 6.82. The Labute approximate surface area is 113 Å². The molecule has 0 aromatic carbocycles. The molecule has 0 bridgehead atoms. The third kappa shape index (κ3) is 2.65. The molecule has 18 heavy (non-hydrogen) atoms. The molecule has 0 aliphatic rings. The quantitative estimate of drug-likeness (QED) is 0.678. The number of ether oxygens (including phenoxy) is 2. The Hall–Kier alpha value is -1.53. The average molecular weight is 287 g/mol. The van der Waals surface area contributed by atoms with Gasteiger partial charge in [0.25, 0.3) is 0 Å². The van der Waals surface area contributed by atoms with Gasteiger partial charge in [-0.05, 0) is 12.1 Å². The molecule has 2 heterocycles. The molecule has 5 nitrogen and oxygen atoms in total. The number of carbonyl (C=O) groups is 1. The van der Waals surface area contributed by atoms with Gasteiger partial charge in [-0.3, -0.25) is 5.10 Å². The largest absolute Gasteiger partial charge is 0.482 e. The summed E-state index contributed by atoms with van der Waals surface area (Å²) in [6.45, 7) is 0.379.